The molecule has 2 heterocycles. The van der Waals surface area contributed by atoms with Crippen LogP contribution in [0.15, 0.2) is 12.4 Å². The molecule has 7 nitrogen and oxygen atoms in total. The first-order valence-electron chi connectivity index (χ1n) is 5.37. The van der Waals surface area contributed by atoms with E-state index in [1.54, 1.807) is 17.9 Å². The molecule has 1 saturated heterocycles. The summed E-state index contributed by atoms with van der Waals surface area (Å²) in [6, 6.07) is -0.112. The highest BCUT2D eigenvalue weighted by atomic mass is 35.5. The number of aryl methyl sites for hydroxylation is 1. The zero-order valence-electron chi connectivity index (χ0n) is 10.4. The van der Waals surface area contributed by atoms with Crippen molar-refractivity contribution in [2.45, 2.75) is 12.5 Å². The number of hydrogen-bond donors (Lipinski definition) is 1. The monoisotopic (exact) mass is 295 g/mol. The van der Waals surface area contributed by atoms with Gasteiger partial charge in [-0.05, 0) is 20.0 Å². The van der Waals surface area contributed by atoms with Gasteiger partial charge in [-0.1, -0.05) is 0 Å². The van der Waals surface area contributed by atoms with Gasteiger partial charge in [-0.15, -0.1) is 12.4 Å². The maximum absolute atomic E-state index is 11.7. The summed E-state index contributed by atoms with van der Waals surface area (Å²) in [4.78, 5) is 2.08. The maximum atomic E-state index is 11.7. The lowest BCUT2D eigenvalue weighted by Gasteiger charge is -2.26. The Morgan fingerprint density at radius 2 is 2.17 bits per heavy atom. The first kappa shape index (κ1) is 15.2. The van der Waals surface area contributed by atoms with E-state index < -0.39 is 10.2 Å². The Balaban J connectivity index is 0.00000162. The Morgan fingerprint density at radius 3 is 2.56 bits per heavy atom. The summed E-state index contributed by atoms with van der Waals surface area (Å²) >= 11 is 0. The Labute approximate surface area is 113 Å². The molecule has 1 aromatic heterocycles. The molecule has 0 radical (unpaired) electrons. The van der Waals surface area contributed by atoms with Crippen LogP contribution in [0.4, 0.5) is 5.69 Å². The Morgan fingerprint density at radius 1 is 1.50 bits per heavy atom. The number of likely N-dealkylation sites (N-methyl/N-ethyl adjacent to an activating group) is 1. The number of aromatic nitrogens is 2. The molecule has 2 N–H and O–H groups in total. The fraction of sp³-hybridized carbons (Fsp3) is 0.667. The van der Waals surface area contributed by atoms with Crippen LogP contribution >= 0.6 is 12.4 Å². The second-order valence-corrected chi connectivity index (χ2v) is 5.84. The van der Waals surface area contributed by atoms with Gasteiger partial charge in [0.2, 0.25) is 0 Å². The van der Waals surface area contributed by atoms with E-state index in [0.717, 1.165) is 13.0 Å². The van der Waals surface area contributed by atoms with E-state index in [-0.39, 0.29) is 18.4 Å². The third kappa shape index (κ3) is 3.14. The van der Waals surface area contributed by atoms with E-state index in [1.807, 2.05) is 7.05 Å². The van der Waals surface area contributed by atoms with Crippen molar-refractivity contribution in [2.24, 2.45) is 12.2 Å². The molecule has 1 aliphatic rings. The second kappa shape index (κ2) is 5.43. The molecule has 1 aliphatic heterocycles. The number of nitrogens with two attached hydrogens (primary N) is 1. The van der Waals surface area contributed by atoms with Gasteiger partial charge in [0.05, 0.1) is 17.9 Å². The molecular weight excluding hydrogens is 278 g/mol. The number of nitrogens with zero attached hydrogens (tertiary/aromatic N) is 4. The molecule has 9 heteroatoms. The van der Waals surface area contributed by atoms with E-state index in [0.29, 0.717) is 12.2 Å². The maximum Gasteiger partial charge on any atom is 0.299 e. The van der Waals surface area contributed by atoms with Gasteiger partial charge in [-0.3, -0.25) is 8.99 Å². The second-order valence-electron chi connectivity index (χ2n) is 4.42. The largest absolute Gasteiger partial charge is 0.304 e. The fourth-order valence-electron chi connectivity index (χ4n) is 2.19. The zero-order valence-corrected chi connectivity index (χ0v) is 12.0. The van der Waals surface area contributed by atoms with Crippen LogP contribution in [0.1, 0.15) is 6.42 Å². The minimum absolute atomic E-state index is 0. The van der Waals surface area contributed by atoms with Gasteiger partial charge in [0.1, 0.15) is 0 Å². The summed E-state index contributed by atoms with van der Waals surface area (Å²) in [5.41, 5.74) is 0.523. The average molecular weight is 296 g/mol. The minimum Gasteiger partial charge on any atom is -0.304 e. The molecule has 0 aliphatic carbocycles. The van der Waals surface area contributed by atoms with Gasteiger partial charge in [-0.25, -0.2) is 5.14 Å². The molecule has 0 amide bonds. The van der Waals surface area contributed by atoms with Crippen molar-refractivity contribution in [1.29, 1.82) is 0 Å². The number of rotatable bonds is 3. The topological polar surface area (TPSA) is 84.5 Å². The summed E-state index contributed by atoms with van der Waals surface area (Å²) in [6.45, 7) is 1.56. The van der Waals surface area contributed by atoms with Gasteiger partial charge in [-0.2, -0.15) is 13.5 Å². The van der Waals surface area contributed by atoms with Crippen molar-refractivity contribution >= 4 is 28.3 Å². The van der Waals surface area contributed by atoms with Crippen molar-refractivity contribution in [3.8, 4) is 0 Å². The molecule has 0 aromatic carbocycles. The van der Waals surface area contributed by atoms with Crippen molar-refractivity contribution in [1.82, 2.24) is 14.7 Å². The molecule has 1 atom stereocenters. The molecular formula is C9H18ClN5O2S. The van der Waals surface area contributed by atoms with Crippen LogP contribution in [0, 0.1) is 0 Å². The van der Waals surface area contributed by atoms with Crippen LogP contribution in [0.25, 0.3) is 0 Å². The standard InChI is InChI=1S/C9H17N5O2S.ClH/c1-12-4-3-8(6-12)14(17(10,15)16)9-5-11-13(2)7-9;/h5,7-8H,3-4,6H2,1-2H3,(H2,10,15,16);1H/t8-;/m0./s1. The van der Waals surface area contributed by atoms with Crippen LogP contribution in [0.2, 0.25) is 0 Å². The molecule has 18 heavy (non-hydrogen) atoms. The highest BCUT2D eigenvalue weighted by Gasteiger charge is 2.32. The van der Waals surface area contributed by atoms with Crippen LogP contribution in [0.5, 0.6) is 0 Å². The van der Waals surface area contributed by atoms with Crippen molar-refractivity contribution in [3.05, 3.63) is 12.4 Å². The molecule has 0 unspecified atom stereocenters. The fourth-order valence-corrected chi connectivity index (χ4v) is 3.17. The number of hydrogen-bond acceptors (Lipinski definition) is 4. The SMILES string of the molecule is CN1CC[C@H](N(c2cnn(C)c2)S(N)(=O)=O)C1.Cl. The summed E-state index contributed by atoms with van der Waals surface area (Å²) in [5, 5.41) is 9.27. The summed E-state index contributed by atoms with van der Waals surface area (Å²) in [5.74, 6) is 0. The molecule has 0 saturated carbocycles. The molecule has 2 rings (SSSR count). The number of halogens is 1. The van der Waals surface area contributed by atoms with Crippen molar-refractivity contribution < 1.29 is 8.42 Å². The molecule has 0 bridgehead atoms. The molecule has 1 fully saturated rings. The third-order valence-electron chi connectivity index (χ3n) is 2.92. The smallest absolute Gasteiger partial charge is 0.299 e. The van der Waals surface area contributed by atoms with Crippen LogP contribution in [0.3, 0.4) is 0 Å². The summed E-state index contributed by atoms with van der Waals surface area (Å²) in [6.07, 6.45) is 3.95. The Hall–Kier alpha value is -0.830. The van der Waals surface area contributed by atoms with Gasteiger partial charge in [0.15, 0.2) is 0 Å². The average Bonchev–Trinajstić information content (AvgIpc) is 2.75. The third-order valence-corrected chi connectivity index (χ3v) is 3.98. The first-order chi connectivity index (χ1) is 7.88. The van der Waals surface area contributed by atoms with Crippen LogP contribution in [-0.2, 0) is 17.3 Å². The minimum atomic E-state index is -3.76. The highest BCUT2D eigenvalue weighted by molar-refractivity contribution is 7.90. The van der Waals surface area contributed by atoms with Crippen molar-refractivity contribution in [3.63, 3.8) is 0 Å². The molecule has 104 valence electrons. The van der Waals surface area contributed by atoms with Gasteiger partial charge >= 0.3 is 0 Å². The summed E-state index contributed by atoms with van der Waals surface area (Å²) < 4.78 is 26.2. The Bertz CT molecular complexity index is 503. The molecule has 0 spiro atoms. The van der Waals surface area contributed by atoms with E-state index in [9.17, 15) is 8.42 Å². The van der Waals surface area contributed by atoms with E-state index in [2.05, 4.69) is 10.00 Å². The van der Waals surface area contributed by atoms with E-state index in [1.165, 1.54) is 10.5 Å². The lowest BCUT2D eigenvalue weighted by atomic mass is 10.2. The predicted molar refractivity (Wildman–Crippen MR) is 71.9 cm³/mol. The Kier molecular flexibility index (Phi) is 4.60. The van der Waals surface area contributed by atoms with Crippen LogP contribution in [-0.4, -0.2) is 49.3 Å². The lowest BCUT2D eigenvalue weighted by Crippen LogP contribution is -2.45. The van der Waals surface area contributed by atoms with Crippen molar-refractivity contribution in [2.75, 3.05) is 24.4 Å². The van der Waals surface area contributed by atoms with Gasteiger partial charge in [0, 0.05) is 19.8 Å². The van der Waals surface area contributed by atoms with Gasteiger partial charge in [0.25, 0.3) is 10.2 Å². The molecule has 1 aromatic rings. The highest BCUT2D eigenvalue weighted by Crippen LogP contribution is 2.23. The number of likely N-dealkylation sites (tertiary alicyclic amines) is 1. The predicted octanol–water partition coefficient (Wildman–Crippen LogP) is -0.444. The lowest BCUT2D eigenvalue weighted by molar-refractivity contribution is 0.411. The normalized spacial score (nSPS) is 20.7. The quantitative estimate of drug-likeness (QED) is 0.819. The zero-order chi connectivity index (χ0) is 12.6. The van der Waals surface area contributed by atoms with E-state index >= 15 is 0 Å². The number of anilines is 1. The van der Waals surface area contributed by atoms with Crippen LogP contribution < -0.4 is 9.44 Å². The summed E-state index contributed by atoms with van der Waals surface area (Å²) in [7, 11) is -0.0536. The first-order valence-corrected chi connectivity index (χ1v) is 6.87. The van der Waals surface area contributed by atoms with E-state index in [4.69, 9.17) is 5.14 Å². The van der Waals surface area contributed by atoms with Gasteiger partial charge < -0.3 is 4.90 Å².